The molecule has 0 unspecified atom stereocenters. The number of hydrogen-bond acceptors (Lipinski definition) is 3. The van der Waals surface area contributed by atoms with Crippen LogP contribution in [0.5, 0.6) is 0 Å². The third-order valence-electron chi connectivity index (χ3n) is 4.36. The van der Waals surface area contributed by atoms with Crippen molar-refractivity contribution in [2.75, 3.05) is 13.1 Å². The first-order valence-corrected chi connectivity index (χ1v) is 7.81. The molecule has 6 nitrogen and oxygen atoms in total. The van der Waals surface area contributed by atoms with Crippen molar-refractivity contribution in [2.45, 2.75) is 51.1 Å². The van der Waals surface area contributed by atoms with E-state index in [4.69, 9.17) is 0 Å². The van der Waals surface area contributed by atoms with Gasteiger partial charge in [0.15, 0.2) is 0 Å². The van der Waals surface area contributed by atoms with Gasteiger partial charge in [0.2, 0.25) is 11.8 Å². The van der Waals surface area contributed by atoms with Crippen molar-refractivity contribution in [3.8, 4) is 0 Å². The van der Waals surface area contributed by atoms with Gasteiger partial charge in [-0.05, 0) is 18.9 Å². The lowest BCUT2D eigenvalue weighted by Crippen LogP contribution is -2.34. The van der Waals surface area contributed by atoms with Crippen LogP contribution >= 0.6 is 0 Å². The molecule has 2 amide bonds. The number of aromatic nitrogens is 2. The Labute approximate surface area is 124 Å². The molecule has 0 bridgehead atoms. The Kier molecular flexibility index (Phi) is 4.22. The average Bonchev–Trinajstić information content (AvgIpc) is 2.92. The van der Waals surface area contributed by atoms with Gasteiger partial charge in [0.25, 0.3) is 0 Å². The van der Waals surface area contributed by atoms with Gasteiger partial charge in [-0.2, -0.15) is 5.10 Å². The molecular weight excluding hydrogens is 268 g/mol. The summed E-state index contributed by atoms with van der Waals surface area (Å²) in [5, 5.41) is 7.24. The number of rotatable bonds is 3. The Morgan fingerprint density at radius 3 is 2.86 bits per heavy atom. The molecule has 1 aromatic heterocycles. The normalized spacial score (nSPS) is 21.2. The van der Waals surface area contributed by atoms with Crippen molar-refractivity contribution in [3.05, 3.63) is 18.0 Å². The first kappa shape index (κ1) is 14.1. The third-order valence-corrected chi connectivity index (χ3v) is 4.36. The minimum atomic E-state index is -0.0569. The maximum atomic E-state index is 11.9. The molecule has 1 N–H and O–H groups in total. The molecule has 1 saturated heterocycles. The summed E-state index contributed by atoms with van der Waals surface area (Å²) >= 11 is 0. The molecule has 3 rings (SSSR count). The lowest BCUT2D eigenvalue weighted by atomic mass is 9.96. The van der Waals surface area contributed by atoms with Crippen molar-refractivity contribution in [1.82, 2.24) is 20.0 Å². The predicted molar refractivity (Wildman–Crippen MR) is 77.4 cm³/mol. The maximum absolute atomic E-state index is 11.9. The number of nitrogens with zero attached hydrogens (tertiary/aromatic N) is 3. The highest BCUT2D eigenvalue weighted by molar-refractivity contribution is 5.87. The van der Waals surface area contributed by atoms with Gasteiger partial charge in [-0.25, -0.2) is 0 Å². The Morgan fingerprint density at radius 2 is 2.05 bits per heavy atom. The van der Waals surface area contributed by atoms with Gasteiger partial charge in [0, 0.05) is 19.2 Å². The lowest BCUT2D eigenvalue weighted by Gasteiger charge is -2.22. The quantitative estimate of drug-likeness (QED) is 0.910. The summed E-state index contributed by atoms with van der Waals surface area (Å²) < 4.78 is 2.06. The van der Waals surface area contributed by atoms with Crippen molar-refractivity contribution < 1.29 is 9.59 Å². The van der Waals surface area contributed by atoms with Crippen molar-refractivity contribution >= 4 is 11.8 Å². The van der Waals surface area contributed by atoms with Crippen molar-refractivity contribution in [3.63, 3.8) is 0 Å². The topological polar surface area (TPSA) is 67.2 Å². The van der Waals surface area contributed by atoms with Gasteiger partial charge in [0.1, 0.15) is 0 Å². The van der Waals surface area contributed by atoms with E-state index in [-0.39, 0.29) is 18.4 Å². The highest BCUT2D eigenvalue weighted by Gasteiger charge is 2.21. The Hall–Kier alpha value is -1.85. The molecule has 0 aromatic carbocycles. The van der Waals surface area contributed by atoms with E-state index < -0.39 is 0 Å². The molecule has 1 aliphatic carbocycles. The number of amides is 2. The second-order valence-corrected chi connectivity index (χ2v) is 5.92. The maximum Gasteiger partial charge on any atom is 0.242 e. The smallest absolute Gasteiger partial charge is 0.242 e. The largest absolute Gasteiger partial charge is 0.347 e. The monoisotopic (exact) mass is 290 g/mol. The fourth-order valence-electron chi connectivity index (χ4n) is 3.11. The van der Waals surface area contributed by atoms with Gasteiger partial charge >= 0.3 is 0 Å². The van der Waals surface area contributed by atoms with Crippen LogP contribution in [0.1, 0.15) is 50.3 Å². The van der Waals surface area contributed by atoms with E-state index in [0.717, 1.165) is 5.69 Å². The highest BCUT2D eigenvalue weighted by atomic mass is 16.2. The SMILES string of the molecule is O=C1CCN(Cc2ccn(C3CCCCC3)n2)C(=O)CN1. The predicted octanol–water partition coefficient (Wildman–Crippen LogP) is 1.24. The van der Waals surface area contributed by atoms with Crippen LogP contribution in [0.2, 0.25) is 0 Å². The Balaban J connectivity index is 1.63. The Bertz CT molecular complexity index is 519. The standard InChI is InChI=1S/C15H22N4O2/c20-14-7-8-18(15(21)10-16-14)11-12-6-9-19(17-12)13-4-2-1-3-5-13/h6,9,13H,1-5,7-8,10-11H2,(H,16,20). The van der Waals surface area contributed by atoms with Gasteiger partial charge in [0.05, 0.1) is 24.8 Å². The fraction of sp³-hybridized carbons (Fsp3) is 0.667. The van der Waals surface area contributed by atoms with Gasteiger partial charge in [-0.1, -0.05) is 19.3 Å². The number of hydrogen-bond donors (Lipinski definition) is 1. The Morgan fingerprint density at radius 1 is 1.24 bits per heavy atom. The molecule has 21 heavy (non-hydrogen) atoms. The van der Waals surface area contributed by atoms with Crippen LogP contribution in [0.3, 0.4) is 0 Å². The number of carbonyl (C=O) groups is 2. The molecule has 1 aliphatic heterocycles. The number of nitrogens with one attached hydrogen (secondary N) is 1. The minimum absolute atomic E-state index is 0.0342. The number of carbonyl (C=O) groups excluding carboxylic acids is 2. The van der Waals surface area contributed by atoms with Crippen molar-refractivity contribution in [1.29, 1.82) is 0 Å². The minimum Gasteiger partial charge on any atom is -0.347 e. The second-order valence-electron chi connectivity index (χ2n) is 5.92. The summed E-state index contributed by atoms with van der Waals surface area (Å²) in [7, 11) is 0. The first-order valence-electron chi connectivity index (χ1n) is 7.81. The van der Waals surface area contributed by atoms with Crippen LogP contribution in [0.25, 0.3) is 0 Å². The van der Waals surface area contributed by atoms with Gasteiger partial charge < -0.3 is 10.2 Å². The summed E-state index contributed by atoms with van der Waals surface area (Å²) in [6.07, 6.45) is 8.67. The summed E-state index contributed by atoms with van der Waals surface area (Å²) in [6, 6.07) is 2.50. The van der Waals surface area contributed by atoms with Crippen LogP contribution in [0.15, 0.2) is 12.3 Å². The van der Waals surface area contributed by atoms with E-state index in [9.17, 15) is 9.59 Å². The molecule has 6 heteroatoms. The molecule has 2 aliphatic rings. The van der Waals surface area contributed by atoms with Gasteiger partial charge in [-0.15, -0.1) is 0 Å². The zero-order chi connectivity index (χ0) is 14.7. The fourth-order valence-corrected chi connectivity index (χ4v) is 3.11. The van der Waals surface area contributed by atoms with E-state index in [0.29, 0.717) is 25.6 Å². The first-order chi connectivity index (χ1) is 10.2. The molecule has 1 saturated carbocycles. The second kappa shape index (κ2) is 6.28. The van der Waals surface area contributed by atoms with Crippen LogP contribution in [0, 0.1) is 0 Å². The van der Waals surface area contributed by atoms with Crippen LogP contribution in [0.4, 0.5) is 0 Å². The van der Waals surface area contributed by atoms with E-state index in [1.165, 1.54) is 32.1 Å². The average molecular weight is 290 g/mol. The zero-order valence-corrected chi connectivity index (χ0v) is 12.3. The zero-order valence-electron chi connectivity index (χ0n) is 12.3. The summed E-state index contributed by atoms with van der Waals surface area (Å²) in [5.74, 6) is -0.0911. The van der Waals surface area contributed by atoms with E-state index in [2.05, 4.69) is 15.1 Å². The molecular formula is C15H22N4O2. The van der Waals surface area contributed by atoms with Crippen LogP contribution in [-0.4, -0.2) is 39.6 Å². The van der Waals surface area contributed by atoms with Gasteiger partial charge in [-0.3, -0.25) is 14.3 Å². The van der Waals surface area contributed by atoms with E-state index in [1.54, 1.807) is 4.90 Å². The molecule has 2 fully saturated rings. The molecule has 2 heterocycles. The molecule has 0 radical (unpaired) electrons. The molecule has 114 valence electrons. The van der Waals surface area contributed by atoms with Crippen molar-refractivity contribution in [2.24, 2.45) is 0 Å². The van der Waals surface area contributed by atoms with Crippen LogP contribution in [-0.2, 0) is 16.1 Å². The highest BCUT2D eigenvalue weighted by Crippen LogP contribution is 2.27. The van der Waals surface area contributed by atoms with Crippen LogP contribution < -0.4 is 5.32 Å². The summed E-state index contributed by atoms with van der Waals surface area (Å²) in [4.78, 5) is 25.0. The lowest BCUT2D eigenvalue weighted by molar-refractivity contribution is -0.130. The van der Waals surface area contributed by atoms with E-state index in [1.807, 2.05) is 12.3 Å². The molecule has 0 atom stereocenters. The van der Waals surface area contributed by atoms with E-state index >= 15 is 0 Å². The third kappa shape index (κ3) is 3.43. The summed E-state index contributed by atoms with van der Waals surface area (Å²) in [5.41, 5.74) is 0.906. The molecule has 1 aromatic rings. The summed E-state index contributed by atoms with van der Waals surface area (Å²) in [6.45, 7) is 1.07. The molecule has 0 spiro atoms.